The van der Waals surface area contributed by atoms with Crippen molar-refractivity contribution in [1.29, 1.82) is 0 Å². The molecule has 3 heteroatoms. The summed E-state index contributed by atoms with van der Waals surface area (Å²) in [6, 6.07) is 0. The Bertz CT molecular complexity index is 271. The minimum atomic E-state index is -0.413. The Labute approximate surface area is 94.2 Å². The molecule has 1 rings (SSSR count). The quantitative estimate of drug-likeness (QED) is 0.549. The highest BCUT2D eigenvalue weighted by Crippen LogP contribution is 2.27. The number of carbonyl (C=O) groups excluding carboxylic acids is 1. The van der Waals surface area contributed by atoms with Crippen LogP contribution in [0, 0.1) is 12.3 Å². The lowest BCUT2D eigenvalue weighted by atomic mass is 9.94. The first-order valence-electron chi connectivity index (χ1n) is 4.98. The summed E-state index contributed by atoms with van der Waals surface area (Å²) < 4.78 is 0. The predicted octanol–water partition coefficient (Wildman–Crippen LogP) is 2.17. The van der Waals surface area contributed by atoms with Gasteiger partial charge >= 0.3 is 0 Å². The molecule has 14 heavy (non-hydrogen) atoms. The summed E-state index contributed by atoms with van der Waals surface area (Å²) in [5, 5.41) is 0. The molecule has 1 heterocycles. The third-order valence-electron chi connectivity index (χ3n) is 2.97. The third-order valence-corrected chi connectivity index (χ3v) is 3.82. The van der Waals surface area contributed by atoms with Gasteiger partial charge in [-0.05, 0) is 26.2 Å². The number of nitrogens with zero attached hydrogens (tertiary/aromatic N) is 1. The summed E-state index contributed by atoms with van der Waals surface area (Å²) in [5.41, 5.74) is -0.413. The molecule has 1 aliphatic heterocycles. The van der Waals surface area contributed by atoms with Gasteiger partial charge in [0.15, 0.2) is 0 Å². The molecule has 1 aliphatic rings. The van der Waals surface area contributed by atoms with Crippen molar-refractivity contribution in [2.75, 3.05) is 6.54 Å². The highest BCUT2D eigenvalue weighted by molar-refractivity contribution is 9.10. The number of piperidine rings is 1. The Morgan fingerprint density at radius 2 is 2.43 bits per heavy atom. The summed E-state index contributed by atoms with van der Waals surface area (Å²) in [7, 11) is 0. The second-order valence-corrected chi connectivity index (χ2v) is 4.98. The van der Waals surface area contributed by atoms with E-state index in [1.165, 1.54) is 0 Å². The van der Waals surface area contributed by atoms with Crippen LogP contribution in [0.5, 0.6) is 0 Å². The molecule has 0 spiro atoms. The third kappa shape index (κ3) is 1.95. The fourth-order valence-corrected chi connectivity index (χ4v) is 2.26. The molecule has 0 saturated carbocycles. The van der Waals surface area contributed by atoms with E-state index in [9.17, 15) is 4.79 Å². The molecular formula is C11H16BrNO. The first-order valence-corrected chi connectivity index (χ1v) is 5.90. The van der Waals surface area contributed by atoms with Gasteiger partial charge in [0.25, 0.3) is 0 Å². The summed E-state index contributed by atoms with van der Waals surface area (Å²) in [6.07, 6.45) is 8.24. The van der Waals surface area contributed by atoms with Crippen molar-refractivity contribution in [2.24, 2.45) is 0 Å². The van der Waals surface area contributed by atoms with Gasteiger partial charge < -0.3 is 4.90 Å². The van der Waals surface area contributed by atoms with Gasteiger partial charge in [-0.25, -0.2) is 0 Å². The van der Waals surface area contributed by atoms with Crippen LogP contribution in [0.25, 0.3) is 0 Å². The molecule has 1 fully saturated rings. The molecule has 78 valence electrons. The van der Waals surface area contributed by atoms with Gasteiger partial charge in [-0.15, -0.1) is 6.42 Å². The zero-order chi connectivity index (χ0) is 10.8. The van der Waals surface area contributed by atoms with Crippen LogP contribution in [0.3, 0.4) is 0 Å². The average Bonchev–Trinajstić information content (AvgIpc) is 2.21. The Kier molecular flexibility index (Phi) is 3.60. The lowest BCUT2D eigenvalue weighted by Gasteiger charge is -2.40. The Hall–Kier alpha value is -0.490. The maximum absolute atomic E-state index is 11.9. The fraction of sp³-hybridized carbons (Fsp3) is 0.727. The molecule has 2 nitrogen and oxygen atoms in total. The molecule has 0 aromatic carbocycles. The second-order valence-electron chi connectivity index (χ2n) is 3.87. The van der Waals surface area contributed by atoms with Gasteiger partial charge in [0.1, 0.15) is 5.54 Å². The number of terminal acetylenes is 1. The molecule has 1 amide bonds. The molecule has 0 N–H and O–H groups in total. The van der Waals surface area contributed by atoms with Crippen LogP contribution in [-0.2, 0) is 4.79 Å². The maximum atomic E-state index is 11.9. The zero-order valence-electron chi connectivity index (χ0n) is 8.72. The number of amides is 1. The van der Waals surface area contributed by atoms with Crippen LogP contribution in [0.2, 0.25) is 0 Å². The molecule has 0 aliphatic carbocycles. The van der Waals surface area contributed by atoms with E-state index in [1.54, 1.807) is 0 Å². The van der Waals surface area contributed by atoms with Gasteiger partial charge in [0.2, 0.25) is 5.91 Å². The van der Waals surface area contributed by atoms with Crippen molar-refractivity contribution in [3.63, 3.8) is 0 Å². The molecule has 0 aromatic rings. The fourth-order valence-electron chi connectivity index (χ4n) is 1.69. The van der Waals surface area contributed by atoms with E-state index >= 15 is 0 Å². The van der Waals surface area contributed by atoms with Crippen molar-refractivity contribution < 1.29 is 4.79 Å². The van der Waals surface area contributed by atoms with E-state index in [0.717, 1.165) is 25.8 Å². The molecular weight excluding hydrogens is 242 g/mol. The second kappa shape index (κ2) is 4.35. The highest BCUT2D eigenvalue weighted by atomic mass is 79.9. The van der Waals surface area contributed by atoms with Gasteiger partial charge in [-0.2, -0.15) is 0 Å². The van der Waals surface area contributed by atoms with E-state index in [4.69, 9.17) is 6.42 Å². The predicted molar refractivity (Wildman–Crippen MR) is 61.2 cm³/mol. The van der Waals surface area contributed by atoms with Crippen LogP contribution in [0.1, 0.15) is 33.1 Å². The van der Waals surface area contributed by atoms with E-state index in [2.05, 4.69) is 21.9 Å². The first-order chi connectivity index (χ1) is 6.55. The Morgan fingerprint density at radius 3 is 2.93 bits per heavy atom. The van der Waals surface area contributed by atoms with Crippen molar-refractivity contribution in [1.82, 2.24) is 4.90 Å². The minimum absolute atomic E-state index is 0.0459. The van der Waals surface area contributed by atoms with E-state index in [0.29, 0.717) is 0 Å². The average molecular weight is 258 g/mol. The smallest absolute Gasteiger partial charge is 0.237 e. The number of alkyl halides is 1. The Morgan fingerprint density at radius 1 is 1.79 bits per heavy atom. The van der Waals surface area contributed by atoms with Gasteiger partial charge in [-0.3, -0.25) is 4.79 Å². The SMILES string of the molecule is C#CC(C)(CC)N1CCCC(Br)C1=O. The minimum Gasteiger partial charge on any atom is -0.325 e. The number of carbonyl (C=O) groups is 1. The number of halogens is 1. The van der Waals surface area contributed by atoms with Crippen LogP contribution < -0.4 is 0 Å². The maximum Gasteiger partial charge on any atom is 0.237 e. The van der Waals surface area contributed by atoms with Crippen molar-refractivity contribution in [3.8, 4) is 12.3 Å². The molecule has 0 bridgehead atoms. The summed E-state index contributed by atoms with van der Waals surface area (Å²) in [5.74, 6) is 2.87. The van der Waals surface area contributed by atoms with Gasteiger partial charge in [0.05, 0.1) is 4.83 Å². The summed E-state index contributed by atoms with van der Waals surface area (Å²) in [6.45, 7) is 4.76. The number of likely N-dealkylation sites (tertiary alicyclic amines) is 1. The van der Waals surface area contributed by atoms with E-state index < -0.39 is 5.54 Å². The van der Waals surface area contributed by atoms with Crippen LogP contribution in [0.4, 0.5) is 0 Å². The van der Waals surface area contributed by atoms with Crippen LogP contribution >= 0.6 is 15.9 Å². The molecule has 0 radical (unpaired) electrons. The number of hydrogen-bond donors (Lipinski definition) is 0. The van der Waals surface area contributed by atoms with Gasteiger partial charge in [0, 0.05) is 6.54 Å². The summed E-state index contributed by atoms with van der Waals surface area (Å²) >= 11 is 3.39. The molecule has 2 unspecified atom stereocenters. The van der Waals surface area contributed by atoms with E-state index in [1.807, 2.05) is 18.7 Å². The highest BCUT2D eigenvalue weighted by Gasteiger charge is 2.37. The monoisotopic (exact) mass is 257 g/mol. The Balaban J connectivity index is 2.86. The molecule has 2 atom stereocenters. The standard InChI is InChI=1S/C11H16BrNO/c1-4-11(3,5-2)13-8-6-7-9(12)10(13)14/h1,9H,5-8H2,2-3H3. The van der Waals surface area contributed by atoms with Crippen LogP contribution in [-0.4, -0.2) is 27.7 Å². The number of rotatable bonds is 2. The first kappa shape index (κ1) is 11.6. The number of hydrogen-bond acceptors (Lipinski definition) is 1. The molecule has 1 saturated heterocycles. The largest absolute Gasteiger partial charge is 0.325 e. The zero-order valence-corrected chi connectivity index (χ0v) is 10.3. The van der Waals surface area contributed by atoms with Crippen LogP contribution in [0.15, 0.2) is 0 Å². The summed E-state index contributed by atoms with van der Waals surface area (Å²) in [4.78, 5) is 13.7. The lowest BCUT2D eigenvalue weighted by molar-refractivity contribution is -0.136. The van der Waals surface area contributed by atoms with Crippen molar-refractivity contribution >= 4 is 21.8 Å². The lowest BCUT2D eigenvalue weighted by Crippen LogP contribution is -2.53. The molecule has 0 aromatic heterocycles. The van der Waals surface area contributed by atoms with E-state index in [-0.39, 0.29) is 10.7 Å². The van der Waals surface area contributed by atoms with Crippen molar-refractivity contribution in [2.45, 2.75) is 43.5 Å². The van der Waals surface area contributed by atoms with Gasteiger partial charge in [-0.1, -0.05) is 28.8 Å². The topological polar surface area (TPSA) is 20.3 Å². The van der Waals surface area contributed by atoms with Crippen molar-refractivity contribution in [3.05, 3.63) is 0 Å². The normalized spacial score (nSPS) is 26.9.